The van der Waals surface area contributed by atoms with Crippen molar-refractivity contribution in [2.24, 2.45) is 11.8 Å². The minimum Gasteiger partial charge on any atom is -0.481 e. The van der Waals surface area contributed by atoms with Crippen molar-refractivity contribution in [1.82, 2.24) is 4.90 Å². The summed E-state index contributed by atoms with van der Waals surface area (Å²) in [6.07, 6.45) is 1.99. The zero-order valence-corrected chi connectivity index (χ0v) is 12.9. The first-order valence-corrected chi connectivity index (χ1v) is 8.09. The van der Waals surface area contributed by atoms with Gasteiger partial charge in [-0.3, -0.25) is 9.59 Å². The number of carbonyl (C=O) groups excluding carboxylic acids is 1. The highest BCUT2D eigenvalue weighted by atomic mass is 19.1. The molecule has 1 amide bonds. The van der Waals surface area contributed by atoms with E-state index >= 15 is 0 Å². The molecule has 2 aliphatic rings. The predicted molar refractivity (Wildman–Crippen MR) is 83.7 cm³/mol. The van der Waals surface area contributed by atoms with E-state index in [-0.39, 0.29) is 17.6 Å². The maximum atomic E-state index is 13.9. The summed E-state index contributed by atoms with van der Waals surface area (Å²) in [6.45, 7) is 2.37. The van der Waals surface area contributed by atoms with Gasteiger partial charge in [-0.1, -0.05) is 12.1 Å². The Labute approximate surface area is 134 Å². The lowest BCUT2D eigenvalue weighted by molar-refractivity contribution is -0.156. The largest absolute Gasteiger partial charge is 0.481 e. The van der Waals surface area contributed by atoms with Gasteiger partial charge in [-0.15, -0.1) is 0 Å². The molecule has 1 saturated carbocycles. The molecule has 2 fully saturated rings. The zero-order valence-electron chi connectivity index (χ0n) is 12.9. The predicted octanol–water partition coefficient (Wildman–Crippen LogP) is 1.98. The lowest BCUT2D eigenvalue weighted by atomic mass is 9.73. The molecule has 1 aromatic carbocycles. The third kappa shape index (κ3) is 3.16. The Bertz CT molecular complexity index is 607. The number of rotatable bonds is 3. The maximum absolute atomic E-state index is 13.9. The fourth-order valence-corrected chi connectivity index (χ4v) is 3.41. The topological polar surface area (TPSA) is 60.9 Å². The Morgan fingerprint density at radius 2 is 1.78 bits per heavy atom. The van der Waals surface area contributed by atoms with Gasteiger partial charge in [0.2, 0.25) is 5.91 Å². The van der Waals surface area contributed by atoms with Crippen LogP contribution in [-0.4, -0.2) is 48.1 Å². The van der Waals surface area contributed by atoms with Crippen LogP contribution in [-0.2, 0) is 9.59 Å². The second kappa shape index (κ2) is 6.56. The Hall–Kier alpha value is -2.11. The molecule has 124 valence electrons. The standard InChI is InChI=1S/C17H21FN2O3/c18-14-4-1-2-5-15(14)19-8-3-9-20(11-10-19)16(21)12-6-7-13(12)17(22)23/h1-2,4-5,12-13H,3,6-11H2,(H,22,23)/t12-,13+/m0/s1. The fourth-order valence-electron chi connectivity index (χ4n) is 3.41. The first-order valence-electron chi connectivity index (χ1n) is 8.09. The van der Waals surface area contributed by atoms with Crippen molar-refractivity contribution < 1.29 is 19.1 Å². The second-order valence-electron chi connectivity index (χ2n) is 6.25. The Kier molecular flexibility index (Phi) is 4.50. The van der Waals surface area contributed by atoms with Crippen molar-refractivity contribution in [3.05, 3.63) is 30.1 Å². The summed E-state index contributed by atoms with van der Waals surface area (Å²) in [4.78, 5) is 27.3. The van der Waals surface area contributed by atoms with Crippen molar-refractivity contribution >= 4 is 17.6 Å². The summed E-state index contributed by atoms with van der Waals surface area (Å²) in [7, 11) is 0. The molecule has 5 nitrogen and oxygen atoms in total. The molecule has 1 aliphatic carbocycles. The molecule has 2 atom stereocenters. The van der Waals surface area contributed by atoms with Crippen molar-refractivity contribution in [3.63, 3.8) is 0 Å². The molecule has 23 heavy (non-hydrogen) atoms. The quantitative estimate of drug-likeness (QED) is 0.925. The van der Waals surface area contributed by atoms with Gasteiger partial charge >= 0.3 is 5.97 Å². The molecule has 0 aromatic heterocycles. The molecule has 1 aromatic rings. The van der Waals surface area contributed by atoms with Gasteiger partial charge < -0.3 is 14.9 Å². The molecule has 1 aliphatic heterocycles. The van der Waals surface area contributed by atoms with Gasteiger partial charge in [0.15, 0.2) is 0 Å². The number of nitrogens with zero attached hydrogens (tertiary/aromatic N) is 2. The molecular weight excluding hydrogens is 299 g/mol. The van der Waals surface area contributed by atoms with Gasteiger partial charge in [-0.2, -0.15) is 0 Å². The molecule has 1 saturated heterocycles. The van der Waals surface area contributed by atoms with Crippen molar-refractivity contribution in [3.8, 4) is 0 Å². The summed E-state index contributed by atoms with van der Waals surface area (Å²) in [6, 6.07) is 6.65. The molecule has 0 radical (unpaired) electrons. The molecule has 1 heterocycles. The number of carbonyl (C=O) groups is 2. The average Bonchev–Trinajstić information content (AvgIpc) is 2.71. The highest BCUT2D eigenvalue weighted by Crippen LogP contribution is 2.36. The number of benzene rings is 1. The number of halogens is 1. The third-order valence-corrected chi connectivity index (χ3v) is 4.91. The number of para-hydroxylation sites is 1. The lowest BCUT2D eigenvalue weighted by Gasteiger charge is -2.36. The molecule has 0 unspecified atom stereocenters. The van der Waals surface area contributed by atoms with E-state index in [9.17, 15) is 14.0 Å². The van der Waals surface area contributed by atoms with Gasteiger partial charge in [0.25, 0.3) is 0 Å². The van der Waals surface area contributed by atoms with E-state index in [1.54, 1.807) is 23.1 Å². The summed E-state index contributed by atoms with van der Waals surface area (Å²) >= 11 is 0. The highest BCUT2D eigenvalue weighted by Gasteiger charge is 2.43. The average molecular weight is 320 g/mol. The number of anilines is 1. The van der Waals surface area contributed by atoms with Crippen LogP contribution >= 0.6 is 0 Å². The van der Waals surface area contributed by atoms with Crippen LogP contribution in [0.3, 0.4) is 0 Å². The van der Waals surface area contributed by atoms with Gasteiger partial charge in [0, 0.05) is 26.2 Å². The Morgan fingerprint density at radius 1 is 1.04 bits per heavy atom. The van der Waals surface area contributed by atoms with E-state index in [4.69, 9.17) is 5.11 Å². The van der Waals surface area contributed by atoms with Gasteiger partial charge in [-0.25, -0.2) is 4.39 Å². The van der Waals surface area contributed by atoms with Gasteiger partial charge in [0.05, 0.1) is 17.5 Å². The number of hydrogen-bond acceptors (Lipinski definition) is 3. The lowest BCUT2D eigenvalue weighted by Crippen LogP contribution is -2.47. The van der Waals surface area contributed by atoms with E-state index < -0.39 is 11.9 Å². The van der Waals surface area contributed by atoms with Crippen LogP contribution < -0.4 is 4.90 Å². The number of hydrogen-bond donors (Lipinski definition) is 1. The van der Waals surface area contributed by atoms with E-state index in [1.807, 2.05) is 4.90 Å². The van der Waals surface area contributed by atoms with E-state index in [0.29, 0.717) is 44.7 Å². The van der Waals surface area contributed by atoms with E-state index in [1.165, 1.54) is 6.07 Å². The molecular formula is C17H21FN2O3. The van der Waals surface area contributed by atoms with Crippen LogP contribution in [0.4, 0.5) is 10.1 Å². The molecule has 0 spiro atoms. The summed E-state index contributed by atoms with van der Waals surface area (Å²) < 4.78 is 13.9. The van der Waals surface area contributed by atoms with Crippen LogP contribution in [0.5, 0.6) is 0 Å². The van der Waals surface area contributed by atoms with E-state index in [0.717, 1.165) is 6.42 Å². The molecule has 3 rings (SSSR count). The number of amides is 1. The minimum atomic E-state index is -0.877. The zero-order chi connectivity index (χ0) is 16.4. The minimum absolute atomic E-state index is 0.0565. The maximum Gasteiger partial charge on any atom is 0.307 e. The normalized spacial score (nSPS) is 24.7. The van der Waals surface area contributed by atoms with E-state index in [2.05, 4.69) is 0 Å². The van der Waals surface area contributed by atoms with Crippen LogP contribution in [0.2, 0.25) is 0 Å². The summed E-state index contributed by atoms with van der Waals surface area (Å²) in [5.41, 5.74) is 0.564. The Morgan fingerprint density at radius 3 is 2.43 bits per heavy atom. The molecule has 6 heteroatoms. The van der Waals surface area contributed by atoms with Gasteiger partial charge in [-0.05, 0) is 31.4 Å². The van der Waals surface area contributed by atoms with Crippen molar-refractivity contribution in [2.75, 3.05) is 31.1 Å². The molecule has 1 N–H and O–H groups in total. The van der Waals surface area contributed by atoms with Crippen LogP contribution in [0.15, 0.2) is 24.3 Å². The van der Waals surface area contributed by atoms with Gasteiger partial charge in [0.1, 0.15) is 5.82 Å². The highest BCUT2D eigenvalue weighted by molar-refractivity contribution is 5.86. The Balaban J connectivity index is 1.64. The number of carboxylic acids is 1. The number of aliphatic carboxylic acids is 1. The first-order chi connectivity index (χ1) is 11.1. The first kappa shape index (κ1) is 15.8. The van der Waals surface area contributed by atoms with Crippen LogP contribution in [0, 0.1) is 17.7 Å². The second-order valence-corrected chi connectivity index (χ2v) is 6.25. The van der Waals surface area contributed by atoms with Crippen molar-refractivity contribution in [1.29, 1.82) is 0 Å². The third-order valence-electron chi connectivity index (χ3n) is 4.91. The monoisotopic (exact) mass is 320 g/mol. The summed E-state index contributed by atoms with van der Waals surface area (Å²) in [5.74, 6) is -2.10. The van der Waals surface area contributed by atoms with Crippen LogP contribution in [0.25, 0.3) is 0 Å². The smallest absolute Gasteiger partial charge is 0.307 e. The SMILES string of the molecule is O=C(O)[C@@H]1CC[C@@H]1C(=O)N1CCCN(c2ccccc2F)CC1. The van der Waals surface area contributed by atoms with Crippen LogP contribution in [0.1, 0.15) is 19.3 Å². The number of carboxylic acid groups (broad SMARTS) is 1. The van der Waals surface area contributed by atoms with Crippen molar-refractivity contribution in [2.45, 2.75) is 19.3 Å². The fraction of sp³-hybridized carbons (Fsp3) is 0.529. The summed E-state index contributed by atoms with van der Waals surface area (Å²) in [5, 5.41) is 9.11. The molecule has 0 bridgehead atoms.